The number of carbonyl (C=O) groups is 2. The number of methoxy groups -OCH3 is 2. The topological polar surface area (TPSA) is 151 Å². The third-order valence-electron chi connectivity index (χ3n) is 9.33. The van der Waals surface area contributed by atoms with Crippen LogP contribution in [-0.2, 0) is 20.0 Å². The van der Waals surface area contributed by atoms with Crippen LogP contribution in [0.25, 0.3) is 11.1 Å². The number of benzene rings is 4. The Kier molecular flexibility index (Phi) is 11.3. The number of piperidine rings is 2. The highest BCUT2D eigenvalue weighted by Gasteiger charge is 2.28. The molecule has 2 fully saturated rings. The Bertz CT molecular complexity index is 2020. The van der Waals surface area contributed by atoms with Crippen LogP contribution in [0.1, 0.15) is 59.2 Å². The lowest BCUT2D eigenvalue weighted by molar-refractivity contribution is 0.101. The summed E-state index contributed by atoms with van der Waals surface area (Å²) in [5, 5.41) is 5.66. The fourth-order valence-corrected chi connectivity index (χ4v) is 9.57. The lowest BCUT2D eigenvalue weighted by Crippen LogP contribution is -2.35. The predicted octanol–water partition coefficient (Wildman–Crippen LogP) is 6.22. The van der Waals surface area contributed by atoms with Crippen molar-refractivity contribution in [3.8, 4) is 22.6 Å². The van der Waals surface area contributed by atoms with Crippen LogP contribution < -0.4 is 20.1 Å². The summed E-state index contributed by atoms with van der Waals surface area (Å²) in [6.07, 6.45) is 5.24. The van der Waals surface area contributed by atoms with Gasteiger partial charge in [0.2, 0.25) is 20.0 Å². The van der Waals surface area contributed by atoms with Crippen LogP contribution in [0, 0.1) is 0 Å². The van der Waals surface area contributed by atoms with E-state index < -0.39 is 31.9 Å². The Morgan fingerprint density at radius 1 is 0.538 bits per heavy atom. The summed E-state index contributed by atoms with van der Waals surface area (Å²) in [5.41, 5.74) is 2.64. The number of ether oxygens (including phenoxy) is 2. The summed E-state index contributed by atoms with van der Waals surface area (Å²) in [6.45, 7) is 1.86. The molecule has 52 heavy (non-hydrogen) atoms. The maximum absolute atomic E-state index is 13.3. The van der Waals surface area contributed by atoms with Crippen molar-refractivity contribution in [2.45, 2.75) is 48.3 Å². The standard InChI is InChI=1S/C38H42N4O8S2/c1-49-35-25-27(15-17-33(35)39-37(43)29-11-9-13-31(23-29)51(45,46)41-19-5-3-6-20-41)28-16-18-34(36(26-28)50-2)40-38(44)30-12-10-14-32(24-30)52(47,48)42-21-7-4-8-22-42/h9-18,23-26H,3-8,19-22H2,1-2H3,(H,39,43)(H,40,44). The van der Waals surface area contributed by atoms with E-state index in [4.69, 9.17) is 9.47 Å². The molecule has 0 saturated carbocycles. The number of rotatable bonds is 11. The number of anilines is 2. The molecule has 4 aromatic carbocycles. The molecule has 2 N–H and O–H groups in total. The number of amides is 2. The average Bonchev–Trinajstić information content (AvgIpc) is 3.19. The molecule has 0 atom stereocenters. The van der Waals surface area contributed by atoms with E-state index in [1.54, 1.807) is 60.7 Å². The third-order valence-corrected chi connectivity index (χ3v) is 13.1. The van der Waals surface area contributed by atoms with Gasteiger partial charge in [0.05, 0.1) is 35.4 Å². The SMILES string of the molecule is COc1cc(-c2ccc(NC(=O)c3cccc(S(=O)(=O)N4CCCCC4)c3)c(OC)c2)ccc1NC(=O)c1cccc(S(=O)(=O)N2CCCCC2)c1. The van der Waals surface area contributed by atoms with Crippen LogP contribution in [0.2, 0.25) is 0 Å². The fraction of sp³-hybridized carbons (Fsp3) is 0.316. The lowest BCUT2D eigenvalue weighted by atomic mass is 10.0. The van der Waals surface area contributed by atoms with Gasteiger partial charge in [-0.15, -0.1) is 0 Å². The lowest BCUT2D eigenvalue weighted by Gasteiger charge is -2.26. The van der Waals surface area contributed by atoms with E-state index in [0.717, 1.165) is 49.7 Å². The minimum atomic E-state index is -3.71. The second kappa shape index (κ2) is 15.9. The molecule has 14 heteroatoms. The van der Waals surface area contributed by atoms with Crippen molar-refractivity contribution in [1.82, 2.24) is 8.61 Å². The van der Waals surface area contributed by atoms with Crippen molar-refractivity contribution < 1.29 is 35.9 Å². The molecule has 0 radical (unpaired) electrons. The van der Waals surface area contributed by atoms with Gasteiger partial charge < -0.3 is 20.1 Å². The summed E-state index contributed by atoms with van der Waals surface area (Å²) in [5.74, 6) is -0.228. The summed E-state index contributed by atoms with van der Waals surface area (Å²) in [6, 6.07) is 22.5. The van der Waals surface area contributed by atoms with Gasteiger partial charge in [-0.25, -0.2) is 16.8 Å². The Hall–Kier alpha value is -4.76. The normalized spacial score (nSPS) is 15.8. The van der Waals surface area contributed by atoms with Crippen LogP contribution in [0.5, 0.6) is 11.5 Å². The van der Waals surface area contributed by atoms with Gasteiger partial charge in [0.15, 0.2) is 0 Å². The highest BCUT2D eigenvalue weighted by molar-refractivity contribution is 7.89. The maximum atomic E-state index is 13.3. The second-order valence-corrected chi connectivity index (χ2v) is 16.6. The Morgan fingerprint density at radius 3 is 1.29 bits per heavy atom. The van der Waals surface area contributed by atoms with E-state index in [2.05, 4.69) is 10.6 Å². The molecule has 274 valence electrons. The van der Waals surface area contributed by atoms with Crippen LogP contribution in [0.4, 0.5) is 11.4 Å². The molecule has 2 saturated heterocycles. The number of nitrogens with one attached hydrogen (secondary N) is 2. The zero-order valence-corrected chi connectivity index (χ0v) is 30.8. The van der Waals surface area contributed by atoms with Gasteiger partial charge in [-0.2, -0.15) is 8.61 Å². The summed E-state index contributed by atoms with van der Waals surface area (Å²) < 4.78 is 66.9. The van der Waals surface area contributed by atoms with Crippen molar-refractivity contribution >= 4 is 43.2 Å². The Balaban J connectivity index is 1.17. The minimum Gasteiger partial charge on any atom is -0.495 e. The number of sulfonamides is 2. The highest BCUT2D eigenvalue weighted by atomic mass is 32.2. The first-order valence-corrected chi connectivity index (χ1v) is 20.1. The predicted molar refractivity (Wildman–Crippen MR) is 199 cm³/mol. The molecule has 2 aliphatic heterocycles. The zero-order chi connectivity index (χ0) is 36.9. The minimum absolute atomic E-state index is 0.0762. The van der Waals surface area contributed by atoms with E-state index in [1.165, 1.54) is 47.1 Å². The van der Waals surface area contributed by atoms with Gasteiger partial charge in [-0.1, -0.05) is 37.1 Å². The molecule has 6 rings (SSSR count). The van der Waals surface area contributed by atoms with Crippen molar-refractivity contribution in [2.75, 3.05) is 51.0 Å². The van der Waals surface area contributed by atoms with E-state index in [-0.39, 0.29) is 20.9 Å². The van der Waals surface area contributed by atoms with Crippen LogP contribution in [0.3, 0.4) is 0 Å². The largest absolute Gasteiger partial charge is 0.495 e. The molecular weight excluding hydrogens is 705 g/mol. The molecule has 2 heterocycles. The molecule has 0 spiro atoms. The number of hydrogen-bond acceptors (Lipinski definition) is 8. The third kappa shape index (κ3) is 7.99. The van der Waals surface area contributed by atoms with Gasteiger partial charge in [-0.3, -0.25) is 9.59 Å². The first kappa shape index (κ1) is 37.0. The van der Waals surface area contributed by atoms with Gasteiger partial charge in [-0.05, 0) is 97.5 Å². The molecule has 0 aromatic heterocycles. The molecule has 2 amide bonds. The molecule has 4 aromatic rings. The maximum Gasteiger partial charge on any atom is 0.255 e. The van der Waals surface area contributed by atoms with Crippen molar-refractivity contribution in [2.24, 2.45) is 0 Å². The Morgan fingerprint density at radius 2 is 0.923 bits per heavy atom. The number of hydrogen-bond donors (Lipinski definition) is 2. The average molecular weight is 747 g/mol. The smallest absolute Gasteiger partial charge is 0.255 e. The van der Waals surface area contributed by atoms with Crippen molar-refractivity contribution in [3.63, 3.8) is 0 Å². The van der Waals surface area contributed by atoms with Crippen molar-refractivity contribution in [1.29, 1.82) is 0 Å². The number of carbonyl (C=O) groups excluding carboxylic acids is 2. The van der Waals surface area contributed by atoms with Crippen LogP contribution in [-0.4, -0.2) is 77.7 Å². The fourth-order valence-electron chi connectivity index (χ4n) is 6.44. The molecule has 0 unspecified atom stereocenters. The second-order valence-electron chi connectivity index (χ2n) is 12.7. The van der Waals surface area contributed by atoms with Gasteiger partial charge in [0.1, 0.15) is 11.5 Å². The zero-order valence-electron chi connectivity index (χ0n) is 29.1. The van der Waals surface area contributed by atoms with Crippen molar-refractivity contribution in [3.05, 3.63) is 96.1 Å². The quantitative estimate of drug-likeness (QED) is 0.184. The molecule has 0 aliphatic carbocycles. The molecule has 12 nitrogen and oxygen atoms in total. The molecule has 2 aliphatic rings. The van der Waals surface area contributed by atoms with E-state index in [9.17, 15) is 26.4 Å². The van der Waals surface area contributed by atoms with Gasteiger partial charge >= 0.3 is 0 Å². The molecule has 0 bridgehead atoms. The van der Waals surface area contributed by atoms with Crippen LogP contribution in [0.15, 0.2) is 94.7 Å². The summed E-state index contributed by atoms with van der Waals surface area (Å²) in [7, 11) is -4.46. The molecular formula is C38H42N4O8S2. The highest BCUT2D eigenvalue weighted by Crippen LogP contribution is 2.36. The first-order chi connectivity index (χ1) is 25.0. The van der Waals surface area contributed by atoms with Gasteiger partial charge in [0.25, 0.3) is 11.8 Å². The van der Waals surface area contributed by atoms with E-state index >= 15 is 0 Å². The Labute approximate surface area is 304 Å². The summed E-state index contributed by atoms with van der Waals surface area (Å²) >= 11 is 0. The monoisotopic (exact) mass is 746 g/mol. The number of nitrogens with zero attached hydrogens (tertiary/aromatic N) is 2. The van der Waals surface area contributed by atoms with Gasteiger partial charge in [0, 0.05) is 37.3 Å². The summed E-state index contributed by atoms with van der Waals surface area (Å²) in [4.78, 5) is 26.7. The van der Waals surface area contributed by atoms with E-state index in [1.807, 2.05) is 0 Å². The first-order valence-electron chi connectivity index (χ1n) is 17.2. The van der Waals surface area contributed by atoms with E-state index in [0.29, 0.717) is 49.1 Å². The van der Waals surface area contributed by atoms with Crippen LogP contribution >= 0.6 is 0 Å².